The topological polar surface area (TPSA) is 40.6 Å². The molecule has 1 fully saturated rings. The summed E-state index contributed by atoms with van der Waals surface area (Å²) in [4.78, 5) is 0. The Bertz CT molecular complexity index is 539. The van der Waals surface area contributed by atoms with E-state index < -0.39 is 10.2 Å². The molecule has 0 N–H and O–H groups in total. The predicted octanol–water partition coefficient (Wildman–Crippen LogP) is 2.40. The summed E-state index contributed by atoms with van der Waals surface area (Å²) in [5.74, 6) is 0.450. The highest BCUT2D eigenvalue weighted by Gasteiger charge is 2.30. The maximum atomic E-state index is 12.6. The van der Waals surface area contributed by atoms with Crippen LogP contribution < -0.4 is 0 Å². The van der Waals surface area contributed by atoms with Gasteiger partial charge in [0.05, 0.1) is 0 Å². The monoisotopic (exact) mass is 296 g/mol. The predicted molar refractivity (Wildman–Crippen MR) is 81.5 cm³/mol. The zero-order valence-corrected chi connectivity index (χ0v) is 13.4. The van der Waals surface area contributed by atoms with Crippen LogP contribution >= 0.6 is 0 Å². The highest BCUT2D eigenvalue weighted by molar-refractivity contribution is 7.86. The van der Waals surface area contributed by atoms with Crippen LogP contribution in [0.15, 0.2) is 24.3 Å². The summed E-state index contributed by atoms with van der Waals surface area (Å²) in [5, 5.41) is 0. The molecule has 0 radical (unpaired) electrons. The molecule has 1 aromatic rings. The van der Waals surface area contributed by atoms with Gasteiger partial charge in [0, 0.05) is 26.7 Å². The molecule has 1 unspecified atom stereocenters. The van der Waals surface area contributed by atoms with Gasteiger partial charge in [0.25, 0.3) is 10.2 Å². The van der Waals surface area contributed by atoms with E-state index in [-0.39, 0.29) is 0 Å². The molecular weight excluding hydrogens is 272 g/mol. The first kappa shape index (κ1) is 15.5. The van der Waals surface area contributed by atoms with E-state index in [1.54, 1.807) is 11.4 Å². The fourth-order valence-corrected chi connectivity index (χ4v) is 4.09. The average molecular weight is 296 g/mol. The molecule has 5 heteroatoms. The van der Waals surface area contributed by atoms with Gasteiger partial charge in [-0.2, -0.15) is 17.0 Å². The molecule has 0 saturated carbocycles. The second kappa shape index (κ2) is 6.24. The van der Waals surface area contributed by atoms with Crippen LogP contribution in [0.2, 0.25) is 0 Å². The molecule has 0 spiro atoms. The Balaban J connectivity index is 2.06. The number of nitrogens with zero attached hydrogens (tertiary/aromatic N) is 2. The van der Waals surface area contributed by atoms with Crippen molar-refractivity contribution < 1.29 is 8.42 Å². The largest absolute Gasteiger partial charge is 0.282 e. The summed E-state index contributed by atoms with van der Waals surface area (Å²) in [5.41, 5.74) is 2.20. The molecule has 1 aliphatic rings. The molecule has 4 nitrogen and oxygen atoms in total. The summed E-state index contributed by atoms with van der Waals surface area (Å²) in [6.07, 6.45) is 2.08. The van der Waals surface area contributed by atoms with Crippen molar-refractivity contribution in [2.24, 2.45) is 5.92 Å². The van der Waals surface area contributed by atoms with Crippen molar-refractivity contribution in [2.75, 3.05) is 20.1 Å². The van der Waals surface area contributed by atoms with Crippen molar-refractivity contribution >= 4 is 10.2 Å². The van der Waals surface area contributed by atoms with Crippen molar-refractivity contribution in [3.05, 3.63) is 35.4 Å². The fraction of sp³-hybridized carbons (Fsp3) is 0.600. The van der Waals surface area contributed by atoms with Crippen LogP contribution in [0, 0.1) is 12.8 Å². The number of piperidine rings is 1. The number of hydrogen-bond donors (Lipinski definition) is 0. The zero-order chi connectivity index (χ0) is 14.8. The molecule has 112 valence electrons. The van der Waals surface area contributed by atoms with Gasteiger partial charge in [0.15, 0.2) is 0 Å². The zero-order valence-electron chi connectivity index (χ0n) is 12.5. The SMILES string of the molecule is Cc1ccc(CN(C)S(=O)(=O)N2CCCC(C)C2)cc1. The minimum absolute atomic E-state index is 0.424. The van der Waals surface area contributed by atoms with E-state index in [2.05, 4.69) is 6.92 Å². The number of rotatable bonds is 4. The van der Waals surface area contributed by atoms with Gasteiger partial charge in [-0.3, -0.25) is 0 Å². The Kier molecular flexibility index (Phi) is 4.83. The Morgan fingerprint density at radius 3 is 2.55 bits per heavy atom. The third-order valence-corrected chi connectivity index (χ3v) is 5.77. The van der Waals surface area contributed by atoms with Crippen molar-refractivity contribution in [3.8, 4) is 0 Å². The number of aryl methyl sites for hydroxylation is 1. The quantitative estimate of drug-likeness (QED) is 0.856. The first-order valence-corrected chi connectivity index (χ1v) is 8.56. The molecule has 1 aromatic carbocycles. The Hall–Kier alpha value is -0.910. The average Bonchev–Trinajstić information content (AvgIpc) is 2.41. The van der Waals surface area contributed by atoms with Crippen LogP contribution in [-0.2, 0) is 16.8 Å². The highest BCUT2D eigenvalue weighted by Crippen LogP contribution is 2.21. The molecule has 2 rings (SSSR count). The standard InChI is InChI=1S/C15H24N2O2S/c1-13-6-8-15(9-7-13)12-16(3)20(18,19)17-10-4-5-14(2)11-17/h6-9,14H,4-5,10-12H2,1-3H3. The third-order valence-electron chi connectivity index (χ3n) is 3.87. The number of benzene rings is 1. The van der Waals surface area contributed by atoms with E-state index >= 15 is 0 Å². The van der Waals surface area contributed by atoms with Crippen LogP contribution in [0.5, 0.6) is 0 Å². The number of hydrogen-bond acceptors (Lipinski definition) is 2. The maximum absolute atomic E-state index is 12.6. The van der Waals surface area contributed by atoms with E-state index in [4.69, 9.17) is 0 Å². The minimum Gasteiger partial charge on any atom is -0.195 e. The second-order valence-electron chi connectivity index (χ2n) is 5.85. The molecule has 0 aromatic heterocycles. The lowest BCUT2D eigenvalue weighted by Crippen LogP contribution is -2.45. The van der Waals surface area contributed by atoms with E-state index in [1.807, 2.05) is 31.2 Å². The smallest absolute Gasteiger partial charge is 0.195 e. The summed E-state index contributed by atoms with van der Waals surface area (Å²) in [7, 11) is -1.68. The van der Waals surface area contributed by atoms with Gasteiger partial charge >= 0.3 is 0 Å². The lowest BCUT2D eigenvalue weighted by atomic mass is 10.0. The van der Waals surface area contributed by atoms with Crippen molar-refractivity contribution in [2.45, 2.75) is 33.2 Å². The van der Waals surface area contributed by atoms with Gasteiger partial charge in [-0.15, -0.1) is 0 Å². The van der Waals surface area contributed by atoms with E-state index in [9.17, 15) is 8.42 Å². The van der Waals surface area contributed by atoms with Gasteiger partial charge in [-0.05, 0) is 31.2 Å². The van der Waals surface area contributed by atoms with Gasteiger partial charge < -0.3 is 0 Å². The molecule has 20 heavy (non-hydrogen) atoms. The van der Waals surface area contributed by atoms with E-state index in [0.29, 0.717) is 25.6 Å². The van der Waals surface area contributed by atoms with E-state index in [1.165, 1.54) is 9.87 Å². The lowest BCUT2D eigenvalue weighted by Gasteiger charge is -2.33. The summed E-state index contributed by atoms with van der Waals surface area (Å²) < 4.78 is 28.2. The normalized spacial score (nSPS) is 21.3. The summed E-state index contributed by atoms with van der Waals surface area (Å²) in [6.45, 7) is 5.85. The van der Waals surface area contributed by atoms with Crippen molar-refractivity contribution in [3.63, 3.8) is 0 Å². The van der Waals surface area contributed by atoms with Crippen molar-refractivity contribution in [1.82, 2.24) is 8.61 Å². The molecule has 0 aliphatic carbocycles. The summed E-state index contributed by atoms with van der Waals surface area (Å²) in [6, 6.07) is 8.00. The van der Waals surface area contributed by atoms with Gasteiger partial charge in [-0.25, -0.2) is 0 Å². The third kappa shape index (κ3) is 3.59. The van der Waals surface area contributed by atoms with Crippen LogP contribution in [0.1, 0.15) is 30.9 Å². The van der Waals surface area contributed by atoms with Gasteiger partial charge in [0.2, 0.25) is 0 Å². The van der Waals surface area contributed by atoms with Gasteiger partial charge in [0.1, 0.15) is 0 Å². The minimum atomic E-state index is -3.34. The molecule has 0 bridgehead atoms. The molecule has 1 aliphatic heterocycles. The van der Waals surface area contributed by atoms with Gasteiger partial charge in [-0.1, -0.05) is 36.8 Å². The molecule has 1 heterocycles. The molecule has 1 atom stereocenters. The Morgan fingerprint density at radius 1 is 1.30 bits per heavy atom. The highest BCUT2D eigenvalue weighted by atomic mass is 32.2. The first-order valence-electron chi connectivity index (χ1n) is 7.16. The maximum Gasteiger partial charge on any atom is 0.282 e. The lowest BCUT2D eigenvalue weighted by molar-refractivity contribution is 0.263. The van der Waals surface area contributed by atoms with Crippen molar-refractivity contribution in [1.29, 1.82) is 0 Å². The summed E-state index contributed by atoms with van der Waals surface area (Å²) >= 11 is 0. The first-order chi connectivity index (χ1) is 9.39. The second-order valence-corrected chi connectivity index (χ2v) is 7.89. The van der Waals surface area contributed by atoms with Crippen LogP contribution in [-0.4, -0.2) is 37.2 Å². The fourth-order valence-electron chi connectivity index (χ4n) is 2.59. The molecular formula is C15H24N2O2S. The Labute approximate surface area is 122 Å². The van der Waals surface area contributed by atoms with Crippen LogP contribution in [0.3, 0.4) is 0 Å². The molecule has 1 saturated heterocycles. The molecule has 0 amide bonds. The van der Waals surface area contributed by atoms with E-state index in [0.717, 1.165) is 18.4 Å². The van der Waals surface area contributed by atoms with Crippen LogP contribution in [0.25, 0.3) is 0 Å². The van der Waals surface area contributed by atoms with Crippen LogP contribution in [0.4, 0.5) is 0 Å². The Morgan fingerprint density at radius 2 is 1.95 bits per heavy atom.